The summed E-state index contributed by atoms with van der Waals surface area (Å²) < 4.78 is 6.40. The zero-order chi connectivity index (χ0) is 17.8. The molecule has 0 radical (unpaired) electrons. The number of anilines is 1. The maximum absolute atomic E-state index is 12.8. The first kappa shape index (κ1) is 16.2. The van der Waals surface area contributed by atoms with Crippen molar-refractivity contribution in [3.05, 3.63) is 78.8 Å². The molecule has 0 atom stereocenters. The Morgan fingerprint density at radius 1 is 1.04 bits per heavy atom. The Morgan fingerprint density at radius 3 is 2.62 bits per heavy atom. The van der Waals surface area contributed by atoms with Gasteiger partial charge in [0.1, 0.15) is 11.5 Å². The van der Waals surface area contributed by atoms with Crippen LogP contribution in [0.3, 0.4) is 0 Å². The predicted molar refractivity (Wildman–Crippen MR) is 104 cm³/mol. The van der Waals surface area contributed by atoms with Gasteiger partial charge in [-0.2, -0.15) is 0 Å². The summed E-state index contributed by atoms with van der Waals surface area (Å²) in [5, 5.41) is 3.41. The zero-order valence-corrected chi connectivity index (χ0v) is 14.6. The average molecular weight is 361 g/mol. The maximum atomic E-state index is 12.8. The van der Waals surface area contributed by atoms with E-state index in [2.05, 4.69) is 15.3 Å². The maximum Gasteiger partial charge on any atom is 0.272 e. The summed E-state index contributed by atoms with van der Waals surface area (Å²) in [7, 11) is 0. The van der Waals surface area contributed by atoms with E-state index in [-0.39, 0.29) is 5.91 Å². The molecule has 0 bridgehead atoms. The molecular formula is C20H15N3O2S. The number of nitrogens with one attached hydrogen (secondary N) is 1. The third kappa shape index (κ3) is 3.70. The molecule has 0 aliphatic heterocycles. The molecular weight excluding hydrogens is 346 g/mol. The van der Waals surface area contributed by atoms with E-state index in [1.54, 1.807) is 12.3 Å². The van der Waals surface area contributed by atoms with Crippen molar-refractivity contribution >= 4 is 44.0 Å². The molecule has 26 heavy (non-hydrogen) atoms. The number of aliphatic imine (C=N–C) groups is 1. The van der Waals surface area contributed by atoms with Crippen molar-refractivity contribution in [2.45, 2.75) is 6.42 Å². The van der Waals surface area contributed by atoms with E-state index in [1.165, 1.54) is 11.3 Å². The third-order valence-electron chi connectivity index (χ3n) is 3.72. The molecule has 0 aliphatic carbocycles. The number of thiazole rings is 1. The summed E-state index contributed by atoms with van der Waals surface area (Å²) in [6, 6.07) is 20.8. The number of fused-ring (bicyclic) bond motifs is 1. The van der Waals surface area contributed by atoms with Gasteiger partial charge in [-0.05, 0) is 36.4 Å². The lowest BCUT2D eigenvalue weighted by Crippen LogP contribution is -2.24. The van der Waals surface area contributed by atoms with Gasteiger partial charge >= 0.3 is 0 Å². The minimum absolute atomic E-state index is 0.288. The first-order chi connectivity index (χ1) is 12.8. The molecule has 2 aromatic heterocycles. The second-order valence-corrected chi connectivity index (χ2v) is 6.62. The molecule has 0 fully saturated rings. The number of carbonyl (C=O) groups is 1. The molecule has 1 amide bonds. The minimum Gasteiger partial charge on any atom is -0.469 e. The highest BCUT2D eigenvalue weighted by Crippen LogP contribution is 2.25. The van der Waals surface area contributed by atoms with Crippen LogP contribution >= 0.6 is 11.3 Å². The second kappa shape index (κ2) is 7.33. The summed E-state index contributed by atoms with van der Waals surface area (Å²) in [5.41, 5.74) is 1.94. The van der Waals surface area contributed by atoms with Crippen molar-refractivity contribution in [2.24, 2.45) is 4.99 Å². The third-order valence-corrected chi connectivity index (χ3v) is 4.67. The second-order valence-electron chi connectivity index (χ2n) is 5.59. The fraction of sp³-hybridized carbons (Fsp3) is 0.0500. The fourth-order valence-corrected chi connectivity index (χ4v) is 3.36. The quantitative estimate of drug-likeness (QED) is 0.517. The molecule has 4 aromatic rings. The highest BCUT2D eigenvalue weighted by atomic mass is 32.1. The number of hydrogen-bond donors (Lipinski definition) is 1. The van der Waals surface area contributed by atoms with Crippen LogP contribution in [0.4, 0.5) is 10.8 Å². The lowest BCUT2D eigenvalue weighted by Gasteiger charge is -2.05. The molecule has 0 spiro atoms. The molecule has 128 valence electrons. The Bertz CT molecular complexity index is 1020. The van der Waals surface area contributed by atoms with Crippen molar-refractivity contribution in [1.29, 1.82) is 0 Å². The lowest BCUT2D eigenvalue weighted by molar-refractivity contribution is -0.110. The summed E-state index contributed by atoms with van der Waals surface area (Å²) in [5.74, 6) is 0.392. The molecule has 2 heterocycles. The van der Waals surface area contributed by atoms with Gasteiger partial charge in [0, 0.05) is 0 Å². The first-order valence-corrected chi connectivity index (χ1v) is 8.91. The summed E-state index contributed by atoms with van der Waals surface area (Å²) in [6.07, 6.45) is 1.89. The first-order valence-electron chi connectivity index (χ1n) is 8.10. The molecule has 0 saturated heterocycles. The van der Waals surface area contributed by atoms with Crippen LogP contribution in [0.2, 0.25) is 0 Å². The van der Waals surface area contributed by atoms with E-state index in [0.717, 1.165) is 10.2 Å². The van der Waals surface area contributed by atoms with E-state index in [1.807, 2.05) is 60.7 Å². The van der Waals surface area contributed by atoms with Gasteiger partial charge in [-0.1, -0.05) is 41.7 Å². The molecule has 1 N–H and O–H groups in total. The van der Waals surface area contributed by atoms with Gasteiger partial charge in [-0.15, -0.1) is 0 Å². The van der Waals surface area contributed by atoms with Crippen LogP contribution in [-0.4, -0.2) is 16.6 Å². The normalized spacial score (nSPS) is 11.6. The number of nitrogens with zero attached hydrogens (tertiary/aromatic N) is 2. The van der Waals surface area contributed by atoms with Crippen molar-refractivity contribution < 1.29 is 9.21 Å². The van der Waals surface area contributed by atoms with Crippen LogP contribution in [0.15, 0.2) is 82.4 Å². The van der Waals surface area contributed by atoms with Crippen LogP contribution in [0.25, 0.3) is 10.2 Å². The molecule has 5 nitrogen and oxygen atoms in total. The van der Waals surface area contributed by atoms with E-state index in [0.29, 0.717) is 28.7 Å². The van der Waals surface area contributed by atoms with Gasteiger partial charge < -0.3 is 4.42 Å². The predicted octanol–water partition coefficient (Wildman–Crippen LogP) is 4.84. The number of rotatable bonds is 5. The number of benzene rings is 2. The fourth-order valence-electron chi connectivity index (χ4n) is 2.50. The SMILES string of the molecule is O=C(Nc1nc2ccccc2s1)C(Cc1ccco1)=Nc1ccccc1. The molecule has 4 rings (SSSR count). The Balaban J connectivity index is 1.61. The minimum atomic E-state index is -0.288. The largest absolute Gasteiger partial charge is 0.469 e. The Labute approximate surface area is 154 Å². The van der Waals surface area contributed by atoms with Crippen molar-refractivity contribution in [3.8, 4) is 0 Å². The smallest absolute Gasteiger partial charge is 0.272 e. The Kier molecular flexibility index (Phi) is 4.57. The monoisotopic (exact) mass is 361 g/mol. The number of furan rings is 1. The van der Waals surface area contributed by atoms with Gasteiger partial charge in [-0.25, -0.2) is 9.98 Å². The number of amides is 1. The highest BCUT2D eigenvalue weighted by molar-refractivity contribution is 7.22. The number of hydrogen-bond acceptors (Lipinski definition) is 5. The Morgan fingerprint density at radius 2 is 1.85 bits per heavy atom. The Hall–Kier alpha value is -3.25. The molecule has 0 aliphatic rings. The summed E-state index contributed by atoms with van der Waals surface area (Å²) in [4.78, 5) is 21.8. The van der Waals surface area contributed by atoms with Crippen LogP contribution in [-0.2, 0) is 11.2 Å². The number of carbonyl (C=O) groups excluding carboxylic acids is 1. The lowest BCUT2D eigenvalue weighted by atomic mass is 10.2. The molecule has 0 saturated carbocycles. The van der Waals surface area contributed by atoms with Crippen LogP contribution in [0, 0.1) is 0 Å². The van der Waals surface area contributed by atoms with E-state index < -0.39 is 0 Å². The highest BCUT2D eigenvalue weighted by Gasteiger charge is 2.16. The zero-order valence-electron chi connectivity index (χ0n) is 13.8. The number of aromatic nitrogens is 1. The molecule has 0 unspecified atom stereocenters. The van der Waals surface area contributed by atoms with Crippen LogP contribution < -0.4 is 5.32 Å². The number of para-hydroxylation sites is 2. The molecule has 6 heteroatoms. The molecule has 2 aromatic carbocycles. The van der Waals surface area contributed by atoms with Crippen LogP contribution in [0.5, 0.6) is 0 Å². The van der Waals surface area contributed by atoms with Crippen molar-refractivity contribution in [3.63, 3.8) is 0 Å². The van der Waals surface area contributed by atoms with Gasteiger partial charge in [0.2, 0.25) is 0 Å². The van der Waals surface area contributed by atoms with E-state index >= 15 is 0 Å². The van der Waals surface area contributed by atoms with Crippen LogP contribution in [0.1, 0.15) is 5.76 Å². The topological polar surface area (TPSA) is 67.5 Å². The van der Waals surface area contributed by atoms with E-state index in [4.69, 9.17) is 4.42 Å². The van der Waals surface area contributed by atoms with Crippen molar-refractivity contribution in [1.82, 2.24) is 4.98 Å². The summed E-state index contributed by atoms with van der Waals surface area (Å²) >= 11 is 1.44. The average Bonchev–Trinajstić information content (AvgIpc) is 3.31. The van der Waals surface area contributed by atoms with E-state index in [9.17, 15) is 4.79 Å². The van der Waals surface area contributed by atoms with Gasteiger partial charge in [-0.3, -0.25) is 10.1 Å². The van der Waals surface area contributed by atoms with Gasteiger partial charge in [0.25, 0.3) is 5.91 Å². The van der Waals surface area contributed by atoms with Gasteiger partial charge in [0.15, 0.2) is 5.13 Å². The van der Waals surface area contributed by atoms with Gasteiger partial charge in [0.05, 0.1) is 28.6 Å². The standard InChI is InChI=1S/C20H15N3O2S/c24-19(23-20-22-16-10-4-5-11-18(16)26-20)17(13-15-9-6-12-25-15)21-14-7-2-1-3-8-14/h1-12H,13H2,(H,22,23,24). The van der Waals surface area contributed by atoms with Crippen molar-refractivity contribution in [2.75, 3.05) is 5.32 Å². The summed E-state index contributed by atoms with van der Waals surface area (Å²) in [6.45, 7) is 0.